The van der Waals surface area contributed by atoms with Gasteiger partial charge in [0, 0.05) is 6.20 Å². The summed E-state index contributed by atoms with van der Waals surface area (Å²) < 4.78 is 5.54. The molecule has 0 aliphatic carbocycles. The van der Waals surface area contributed by atoms with Gasteiger partial charge < -0.3 is 10.1 Å². The van der Waals surface area contributed by atoms with Gasteiger partial charge in [-0.15, -0.1) is 0 Å². The van der Waals surface area contributed by atoms with E-state index in [0.29, 0.717) is 5.82 Å². The lowest BCUT2D eigenvalue weighted by molar-refractivity contribution is -0.118. The summed E-state index contributed by atoms with van der Waals surface area (Å²) in [6, 6.07) is 9.61. The number of amides is 1. The summed E-state index contributed by atoms with van der Waals surface area (Å²) in [7, 11) is 0. The summed E-state index contributed by atoms with van der Waals surface area (Å²) in [5, 5.41) is 2.71. The lowest BCUT2D eigenvalue weighted by Crippen LogP contribution is -2.21. The van der Waals surface area contributed by atoms with E-state index in [9.17, 15) is 4.79 Å². The van der Waals surface area contributed by atoms with Crippen LogP contribution in [0.5, 0.6) is 5.75 Å². The lowest BCUT2D eigenvalue weighted by Gasteiger charge is -2.10. The Kier molecular flexibility index (Phi) is 4.35. The van der Waals surface area contributed by atoms with Crippen LogP contribution < -0.4 is 10.1 Å². The van der Waals surface area contributed by atoms with Crippen LogP contribution in [0.15, 0.2) is 36.5 Å². The first-order valence-electron chi connectivity index (χ1n) is 6.47. The number of pyridine rings is 1. The van der Waals surface area contributed by atoms with Gasteiger partial charge >= 0.3 is 0 Å². The first-order chi connectivity index (χ1) is 9.54. The minimum absolute atomic E-state index is 0.0279. The van der Waals surface area contributed by atoms with Crippen molar-refractivity contribution in [3.63, 3.8) is 0 Å². The highest BCUT2D eigenvalue weighted by Crippen LogP contribution is 2.19. The molecule has 0 saturated heterocycles. The van der Waals surface area contributed by atoms with Gasteiger partial charge in [0.05, 0.1) is 0 Å². The van der Waals surface area contributed by atoms with E-state index in [0.717, 1.165) is 22.4 Å². The number of anilines is 1. The standard InChI is InChI=1S/C16H18N2O2/c1-11-4-5-13(3)14(8-11)20-10-16(19)18-15-9-12(2)6-7-17-15/h4-9H,10H2,1-3H3,(H,17,18,19). The second kappa shape index (κ2) is 6.19. The van der Waals surface area contributed by atoms with Gasteiger partial charge in [0.2, 0.25) is 0 Å². The summed E-state index contributed by atoms with van der Waals surface area (Å²) in [6.07, 6.45) is 1.66. The number of ether oxygens (including phenoxy) is 1. The van der Waals surface area contributed by atoms with Crippen molar-refractivity contribution in [2.45, 2.75) is 20.8 Å². The Morgan fingerprint density at radius 2 is 1.90 bits per heavy atom. The largest absolute Gasteiger partial charge is 0.483 e. The average Bonchev–Trinajstić information content (AvgIpc) is 2.40. The maximum atomic E-state index is 11.8. The minimum Gasteiger partial charge on any atom is -0.483 e. The predicted molar refractivity (Wildman–Crippen MR) is 79.0 cm³/mol. The number of benzene rings is 1. The van der Waals surface area contributed by atoms with Crippen LogP contribution in [0.3, 0.4) is 0 Å². The van der Waals surface area contributed by atoms with Crippen LogP contribution in [-0.4, -0.2) is 17.5 Å². The summed E-state index contributed by atoms with van der Waals surface area (Å²) in [6.45, 7) is 5.86. The van der Waals surface area contributed by atoms with E-state index < -0.39 is 0 Å². The van der Waals surface area contributed by atoms with E-state index in [1.54, 1.807) is 6.20 Å². The lowest BCUT2D eigenvalue weighted by atomic mass is 10.1. The van der Waals surface area contributed by atoms with Gasteiger partial charge in [0.1, 0.15) is 11.6 Å². The molecular weight excluding hydrogens is 252 g/mol. The molecule has 1 aromatic carbocycles. The average molecular weight is 270 g/mol. The van der Waals surface area contributed by atoms with Crippen LogP contribution in [-0.2, 0) is 4.79 Å². The van der Waals surface area contributed by atoms with Gasteiger partial charge in [0.25, 0.3) is 5.91 Å². The third kappa shape index (κ3) is 3.82. The smallest absolute Gasteiger partial charge is 0.263 e. The summed E-state index contributed by atoms with van der Waals surface area (Å²) >= 11 is 0. The quantitative estimate of drug-likeness (QED) is 0.929. The van der Waals surface area contributed by atoms with Gasteiger partial charge in [-0.1, -0.05) is 12.1 Å². The van der Waals surface area contributed by atoms with Crippen molar-refractivity contribution in [3.8, 4) is 5.75 Å². The second-order valence-electron chi connectivity index (χ2n) is 4.82. The Bertz CT molecular complexity index is 624. The Balaban J connectivity index is 1.94. The van der Waals surface area contributed by atoms with Crippen LogP contribution >= 0.6 is 0 Å². The third-order valence-electron chi connectivity index (χ3n) is 2.89. The number of nitrogens with one attached hydrogen (secondary N) is 1. The first-order valence-corrected chi connectivity index (χ1v) is 6.47. The molecule has 1 N–H and O–H groups in total. The molecule has 0 atom stereocenters. The van der Waals surface area contributed by atoms with Crippen LogP contribution in [0.25, 0.3) is 0 Å². The van der Waals surface area contributed by atoms with E-state index in [2.05, 4.69) is 10.3 Å². The zero-order chi connectivity index (χ0) is 14.5. The van der Waals surface area contributed by atoms with Gasteiger partial charge in [0.15, 0.2) is 6.61 Å². The maximum Gasteiger partial charge on any atom is 0.263 e. The van der Waals surface area contributed by atoms with Crippen LogP contribution in [0, 0.1) is 20.8 Å². The van der Waals surface area contributed by atoms with Crippen LogP contribution in [0.4, 0.5) is 5.82 Å². The fraction of sp³-hybridized carbons (Fsp3) is 0.250. The molecule has 0 bridgehead atoms. The van der Waals surface area contributed by atoms with E-state index in [4.69, 9.17) is 4.74 Å². The van der Waals surface area contributed by atoms with Crippen molar-refractivity contribution >= 4 is 11.7 Å². The van der Waals surface area contributed by atoms with Crippen LogP contribution in [0.1, 0.15) is 16.7 Å². The fourth-order valence-corrected chi connectivity index (χ4v) is 1.79. The van der Waals surface area contributed by atoms with Crippen molar-refractivity contribution in [1.82, 2.24) is 4.98 Å². The molecule has 1 amide bonds. The summed E-state index contributed by atoms with van der Waals surface area (Å²) in [5.74, 6) is 1.06. The molecule has 0 spiro atoms. The highest BCUT2D eigenvalue weighted by molar-refractivity contribution is 5.91. The molecule has 0 saturated carbocycles. The molecule has 2 aromatic rings. The Labute approximate surface area is 118 Å². The van der Waals surface area contributed by atoms with Crippen molar-refractivity contribution in [3.05, 3.63) is 53.2 Å². The Morgan fingerprint density at radius 3 is 2.65 bits per heavy atom. The fourth-order valence-electron chi connectivity index (χ4n) is 1.79. The van der Waals surface area contributed by atoms with Crippen molar-refractivity contribution in [1.29, 1.82) is 0 Å². The number of carbonyl (C=O) groups excluding carboxylic acids is 1. The zero-order valence-corrected chi connectivity index (χ0v) is 11.9. The van der Waals surface area contributed by atoms with Gasteiger partial charge in [-0.2, -0.15) is 0 Å². The minimum atomic E-state index is -0.219. The molecule has 0 aliphatic rings. The van der Waals surface area contributed by atoms with Gasteiger partial charge in [-0.05, 0) is 55.7 Å². The van der Waals surface area contributed by atoms with E-state index in [1.807, 2.05) is 51.1 Å². The molecule has 1 heterocycles. The first kappa shape index (κ1) is 14.1. The summed E-state index contributed by atoms with van der Waals surface area (Å²) in [5.41, 5.74) is 3.16. The molecule has 20 heavy (non-hydrogen) atoms. The topological polar surface area (TPSA) is 51.2 Å². The van der Waals surface area contributed by atoms with E-state index in [1.165, 1.54) is 0 Å². The molecule has 0 unspecified atom stereocenters. The highest BCUT2D eigenvalue weighted by Gasteiger charge is 2.06. The molecule has 0 radical (unpaired) electrons. The normalized spacial score (nSPS) is 10.2. The number of aromatic nitrogens is 1. The molecule has 1 aromatic heterocycles. The number of carbonyl (C=O) groups is 1. The van der Waals surface area contributed by atoms with Crippen LogP contribution in [0.2, 0.25) is 0 Å². The van der Waals surface area contributed by atoms with Crippen molar-refractivity contribution < 1.29 is 9.53 Å². The van der Waals surface area contributed by atoms with E-state index in [-0.39, 0.29) is 12.5 Å². The molecule has 2 rings (SSSR count). The molecule has 4 nitrogen and oxygen atoms in total. The third-order valence-corrected chi connectivity index (χ3v) is 2.89. The number of aryl methyl sites for hydroxylation is 3. The molecule has 4 heteroatoms. The van der Waals surface area contributed by atoms with Gasteiger partial charge in [-0.3, -0.25) is 4.79 Å². The second-order valence-corrected chi connectivity index (χ2v) is 4.82. The van der Waals surface area contributed by atoms with Crippen molar-refractivity contribution in [2.75, 3.05) is 11.9 Å². The molecule has 0 aliphatic heterocycles. The molecule has 104 valence electrons. The summed E-state index contributed by atoms with van der Waals surface area (Å²) in [4.78, 5) is 15.9. The molecule has 0 fully saturated rings. The number of hydrogen-bond acceptors (Lipinski definition) is 3. The van der Waals surface area contributed by atoms with E-state index >= 15 is 0 Å². The maximum absolute atomic E-state index is 11.8. The number of rotatable bonds is 4. The number of hydrogen-bond donors (Lipinski definition) is 1. The Hall–Kier alpha value is -2.36. The SMILES string of the molecule is Cc1ccnc(NC(=O)COc2cc(C)ccc2C)c1. The van der Waals surface area contributed by atoms with Crippen molar-refractivity contribution in [2.24, 2.45) is 0 Å². The van der Waals surface area contributed by atoms with Gasteiger partial charge in [-0.25, -0.2) is 4.98 Å². The predicted octanol–water partition coefficient (Wildman–Crippen LogP) is 3.02. The number of nitrogens with zero attached hydrogens (tertiary/aromatic N) is 1. The zero-order valence-electron chi connectivity index (χ0n) is 11.9. The Morgan fingerprint density at radius 1 is 1.15 bits per heavy atom. The monoisotopic (exact) mass is 270 g/mol. The molecular formula is C16H18N2O2. The highest BCUT2D eigenvalue weighted by atomic mass is 16.5.